The summed E-state index contributed by atoms with van der Waals surface area (Å²) in [5.41, 5.74) is 1.64. The van der Waals surface area contributed by atoms with Gasteiger partial charge in [-0.05, 0) is 36.7 Å². The Morgan fingerprint density at radius 2 is 2.12 bits per heavy atom. The number of aliphatic hydroxyl groups is 1. The van der Waals surface area contributed by atoms with E-state index in [0.29, 0.717) is 12.0 Å². The van der Waals surface area contributed by atoms with E-state index in [0.717, 1.165) is 19.4 Å². The highest BCUT2D eigenvalue weighted by atomic mass is 16.5. The van der Waals surface area contributed by atoms with E-state index in [1.165, 1.54) is 5.57 Å². The number of fused-ring (bicyclic) bond motifs is 1. The average Bonchev–Trinajstić information content (AvgIpc) is 2.53. The van der Waals surface area contributed by atoms with Crippen LogP contribution in [-0.4, -0.2) is 24.4 Å². The highest BCUT2D eigenvalue weighted by Crippen LogP contribution is 2.57. The Morgan fingerprint density at radius 3 is 2.69 bits per heavy atom. The zero-order valence-corrected chi connectivity index (χ0v) is 10.9. The molecule has 1 heterocycles. The van der Waals surface area contributed by atoms with Crippen LogP contribution in [0.4, 0.5) is 0 Å². The van der Waals surface area contributed by atoms with Gasteiger partial charge in [-0.25, -0.2) is 0 Å². The van der Waals surface area contributed by atoms with E-state index < -0.39 is 0 Å². The quantitative estimate of drug-likeness (QED) is 0.694. The van der Waals surface area contributed by atoms with Gasteiger partial charge < -0.3 is 9.84 Å². The van der Waals surface area contributed by atoms with Crippen molar-refractivity contribution in [2.45, 2.75) is 46.6 Å². The first kappa shape index (κ1) is 12.1. The fourth-order valence-electron chi connectivity index (χ4n) is 3.88. The zero-order valence-electron chi connectivity index (χ0n) is 10.9. The Bertz CT molecular complexity index is 306. The zero-order chi connectivity index (χ0) is 12.0. The summed E-state index contributed by atoms with van der Waals surface area (Å²) in [6, 6.07) is 0. The molecule has 3 atom stereocenters. The van der Waals surface area contributed by atoms with Crippen LogP contribution in [0, 0.1) is 16.7 Å². The van der Waals surface area contributed by atoms with Crippen LogP contribution < -0.4 is 0 Å². The Kier molecular flexibility index (Phi) is 2.92. The van der Waals surface area contributed by atoms with Crippen LogP contribution in [0.25, 0.3) is 0 Å². The van der Waals surface area contributed by atoms with Crippen molar-refractivity contribution in [3.05, 3.63) is 11.6 Å². The molecule has 0 aromatic carbocycles. The maximum absolute atomic E-state index is 9.77. The van der Waals surface area contributed by atoms with Gasteiger partial charge in [-0.3, -0.25) is 0 Å². The molecule has 0 aromatic rings. The van der Waals surface area contributed by atoms with Gasteiger partial charge in [0.1, 0.15) is 0 Å². The smallest absolute Gasteiger partial charge is 0.0687 e. The molecule has 2 fully saturated rings. The normalized spacial score (nSPS) is 44.7. The molecule has 2 heteroatoms. The molecule has 1 aliphatic carbocycles. The standard InChI is InChI=1S/C14H24O2/c1-5-10-9-16-12-6-7-13(2,3)11(8-15)14(10,12)4/h5,11-12,15H,6-9H2,1-4H3/b10-5+/t11-,12-,14+/m0/s1. The minimum Gasteiger partial charge on any atom is -0.396 e. The minimum atomic E-state index is 0.0469. The molecule has 1 saturated carbocycles. The summed E-state index contributed by atoms with van der Waals surface area (Å²) in [4.78, 5) is 0. The molecule has 0 radical (unpaired) electrons. The molecule has 0 aromatic heterocycles. The molecule has 2 nitrogen and oxygen atoms in total. The molecule has 1 aliphatic heterocycles. The van der Waals surface area contributed by atoms with Gasteiger partial charge in [0, 0.05) is 12.0 Å². The molecule has 0 bridgehead atoms. The van der Waals surface area contributed by atoms with E-state index in [1.807, 2.05) is 0 Å². The third-order valence-electron chi connectivity index (χ3n) is 5.05. The van der Waals surface area contributed by atoms with E-state index in [2.05, 4.69) is 33.8 Å². The van der Waals surface area contributed by atoms with E-state index in [-0.39, 0.29) is 17.4 Å². The number of allylic oxidation sites excluding steroid dienone is 1. The molecule has 0 amide bonds. The van der Waals surface area contributed by atoms with Crippen LogP contribution in [0.5, 0.6) is 0 Å². The molecular formula is C14H24O2. The van der Waals surface area contributed by atoms with Crippen molar-refractivity contribution in [3.8, 4) is 0 Å². The second kappa shape index (κ2) is 3.85. The molecular weight excluding hydrogens is 200 g/mol. The lowest BCUT2D eigenvalue weighted by atomic mass is 9.54. The van der Waals surface area contributed by atoms with E-state index >= 15 is 0 Å². The Morgan fingerprint density at radius 1 is 1.44 bits per heavy atom. The van der Waals surface area contributed by atoms with Crippen molar-refractivity contribution in [1.82, 2.24) is 0 Å². The summed E-state index contributed by atoms with van der Waals surface area (Å²) in [5, 5.41) is 9.77. The fraction of sp³-hybridized carbons (Fsp3) is 0.857. The second-order valence-electron chi connectivity index (χ2n) is 6.16. The van der Waals surface area contributed by atoms with Crippen molar-refractivity contribution in [2.75, 3.05) is 13.2 Å². The van der Waals surface area contributed by atoms with Crippen LogP contribution in [0.3, 0.4) is 0 Å². The maximum atomic E-state index is 9.77. The number of ether oxygens (including phenoxy) is 1. The topological polar surface area (TPSA) is 29.5 Å². The van der Waals surface area contributed by atoms with E-state index in [1.54, 1.807) is 0 Å². The lowest BCUT2D eigenvalue weighted by molar-refractivity contribution is -0.0796. The van der Waals surface area contributed by atoms with Gasteiger partial charge in [-0.15, -0.1) is 0 Å². The van der Waals surface area contributed by atoms with Crippen molar-refractivity contribution in [1.29, 1.82) is 0 Å². The first-order valence-electron chi connectivity index (χ1n) is 6.35. The largest absolute Gasteiger partial charge is 0.396 e. The molecule has 92 valence electrons. The predicted molar refractivity (Wildman–Crippen MR) is 65.2 cm³/mol. The van der Waals surface area contributed by atoms with Gasteiger partial charge in [0.15, 0.2) is 0 Å². The van der Waals surface area contributed by atoms with E-state index in [4.69, 9.17) is 4.74 Å². The van der Waals surface area contributed by atoms with Gasteiger partial charge in [0.25, 0.3) is 0 Å². The highest BCUT2D eigenvalue weighted by molar-refractivity contribution is 5.24. The summed E-state index contributed by atoms with van der Waals surface area (Å²) in [5.74, 6) is 0.312. The average molecular weight is 224 g/mol. The SMILES string of the molecule is C/C=C1\CO[C@H]2CCC(C)(C)[C@H](CO)[C@@]12C. The minimum absolute atomic E-state index is 0.0469. The molecule has 16 heavy (non-hydrogen) atoms. The third kappa shape index (κ3) is 1.46. The van der Waals surface area contributed by atoms with Crippen LogP contribution in [0.1, 0.15) is 40.5 Å². The monoisotopic (exact) mass is 224 g/mol. The summed E-state index contributed by atoms with van der Waals surface area (Å²) < 4.78 is 5.91. The number of hydrogen-bond acceptors (Lipinski definition) is 2. The molecule has 0 spiro atoms. The molecule has 1 N–H and O–H groups in total. The van der Waals surface area contributed by atoms with Crippen molar-refractivity contribution in [3.63, 3.8) is 0 Å². The van der Waals surface area contributed by atoms with Crippen molar-refractivity contribution < 1.29 is 9.84 Å². The Balaban J connectivity index is 2.42. The van der Waals surface area contributed by atoms with Crippen molar-refractivity contribution >= 4 is 0 Å². The number of rotatable bonds is 1. The van der Waals surface area contributed by atoms with Crippen LogP contribution in [0.2, 0.25) is 0 Å². The van der Waals surface area contributed by atoms with Crippen LogP contribution in [-0.2, 0) is 4.74 Å². The lowest BCUT2D eigenvalue weighted by Crippen LogP contribution is -2.50. The lowest BCUT2D eigenvalue weighted by Gasteiger charge is -2.51. The Hall–Kier alpha value is -0.340. The molecule has 2 aliphatic rings. The summed E-state index contributed by atoms with van der Waals surface area (Å²) >= 11 is 0. The summed E-state index contributed by atoms with van der Waals surface area (Å²) in [6.07, 6.45) is 4.76. The third-order valence-corrected chi connectivity index (χ3v) is 5.05. The predicted octanol–water partition coefficient (Wildman–Crippen LogP) is 2.77. The van der Waals surface area contributed by atoms with Crippen LogP contribution >= 0.6 is 0 Å². The van der Waals surface area contributed by atoms with Gasteiger partial charge in [0.05, 0.1) is 12.7 Å². The summed E-state index contributed by atoms with van der Waals surface area (Å²) in [6.45, 7) is 9.94. The number of hydrogen-bond donors (Lipinski definition) is 1. The first-order valence-corrected chi connectivity index (χ1v) is 6.35. The molecule has 1 saturated heterocycles. The first-order chi connectivity index (χ1) is 7.46. The van der Waals surface area contributed by atoms with Gasteiger partial charge >= 0.3 is 0 Å². The summed E-state index contributed by atoms with van der Waals surface area (Å²) in [7, 11) is 0. The van der Waals surface area contributed by atoms with Gasteiger partial charge in [0.2, 0.25) is 0 Å². The highest BCUT2D eigenvalue weighted by Gasteiger charge is 2.56. The maximum Gasteiger partial charge on any atom is 0.0687 e. The van der Waals surface area contributed by atoms with Crippen molar-refractivity contribution in [2.24, 2.45) is 16.7 Å². The van der Waals surface area contributed by atoms with Gasteiger partial charge in [-0.1, -0.05) is 26.8 Å². The van der Waals surface area contributed by atoms with Gasteiger partial charge in [-0.2, -0.15) is 0 Å². The van der Waals surface area contributed by atoms with E-state index in [9.17, 15) is 5.11 Å². The molecule has 2 rings (SSSR count). The van der Waals surface area contributed by atoms with Crippen LogP contribution in [0.15, 0.2) is 11.6 Å². The number of aliphatic hydroxyl groups excluding tert-OH is 1. The second-order valence-corrected chi connectivity index (χ2v) is 6.16. The fourth-order valence-corrected chi connectivity index (χ4v) is 3.88. The Labute approximate surface area is 98.7 Å². The molecule has 0 unspecified atom stereocenters.